The Morgan fingerprint density at radius 3 is 2.45 bits per heavy atom. The molecule has 0 saturated heterocycles. The standard InChI is InChI=1S/C25H18F2N2O2/c26-19-6-3-15(4-7-19)24-23(14-18-12-17(25(30)31)5-9-21(18)28-24)29-11-1-2-16-13-20(27)8-10-22(16)29/h3-10,12-14H,1-2,11H2,(H,30,31). The Kier molecular flexibility index (Phi) is 4.62. The Morgan fingerprint density at radius 2 is 1.68 bits per heavy atom. The van der Waals surface area contributed by atoms with Gasteiger partial charge in [-0.05, 0) is 85.1 Å². The number of pyridine rings is 1. The molecule has 0 amide bonds. The maximum absolute atomic E-state index is 13.8. The number of aromatic nitrogens is 1. The number of rotatable bonds is 3. The van der Waals surface area contributed by atoms with Crippen molar-refractivity contribution in [1.82, 2.24) is 4.98 Å². The number of aromatic carboxylic acids is 1. The zero-order valence-corrected chi connectivity index (χ0v) is 16.5. The van der Waals surface area contributed by atoms with Gasteiger partial charge >= 0.3 is 5.97 Å². The summed E-state index contributed by atoms with van der Waals surface area (Å²) in [7, 11) is 0. The molecule has 6 heteroatoms. The number of nitrogens with zero attached hydrogens (tertiary/aromatic N) is 2. The quantitative estimate of drug-likeness (QED) is 0.448. The first kappa shape index (κ1) is 19.2. The molecular formula is C25H18F2N2O2. The predicted octanol–water partition coefficient (Wildman–Crippen LogP) is 5.96. The third-order valence-electron chi connectivity index (χ3n) is 5.61. The van der Waals surface area contributed by atoms with Crippen molar-refractivity contribution >= 4 is 28.2 Å². The fourth-order valence-corrected chi connectivity index (χ4v) is 4.14. The first-order chi connectivity index (χ1) is 15.0. The van der Waals surface area contributed by atoms with Crippen LogP contribution in [0.5, 0.6) is 0 Å². The van der Waals surface area contributed by atoms with Crippen molar-refractivity contribution in [3.8, 4) is 11.3 Å². The monoisotopic (exact) mass is 416 g/mol. The van der Waals surface area contributed by atoms with Crippen LogP contribution < -0.4 is 4.90 Å². The first-order valence-corrected chi connectivity index (χ1v) is 9.99. The number of hydrogen-bond donors (Lipinski definition) is 1. The molecule has 3 aromatic carbocycles. The molecule has 0 fully saturated rings. The van der Waals surface area contributed by atoms with Gasteiger partial charge in [-0.25, -0.2) is 18.6 Å². The van der Waals surface area contributed by atoms with E-state index in [9.17, 15) is 18.7 Å². The van der Waals surface area contributed by atoms with Gasteiger partial charge in [0.1, 0.15) is 11.6 Å². The molecule has 1 N–H and O–H groups in total. The van der Waals surface area contributed by atoms with Gasteiger partial charge in [0, 0.05) is 23.2 Å². The summed E-state index contributed by atoms with van der Waals surface area (Å²) in [5.41, 5.74) is 4.80. The van der Waals surface area contributed by atoms with E-state index in [2.05, 4.69) is 4.90 Å². The summed E-state index contributed by atoms with van der Waals surface area (Å²) >= 11 is 0. The molecular weight excluding hydrogens is 398 g/mol. The maximum Gasteiger partial charge on any atom is 0.335 e. The second-order valence-corrected chi connectivity index (χ2v) is 7.60. The van der Waals surface area contributed by atoms with Crippen molar-refractivity contribution in [2.24, 2.45) is 0 Å². The number of hydrogen-bond acceptors (Lipinski definition) is 3. The van der Waals surface area contributed by atoms with Crippen molar-refractivity contribution in [3.63, 3.8) is 0 Å². The van der Waals surface area contributed by atoms with Crippen LogP contribution in [-0.2, 0) is 6.42 Å². The first-order valence-electron chi connectivity index (χ1n) is 9.99. The predicted molar refractivity (Wildman–Crippen MR) is 116 cm³/mol. The molecule has 0 spiro atoms. The number of carbonyl (C=O) groups is 1. The second-order valence-electron chi connectivity index (χ2n) is 7.60. The van der Waals surface area contributed by atoms with E-state index in [1.54, 1.807) is 36.4 Å². The van der Waals surface area contributed by atoms with Crippen LogP contribution in [0.15, 0.2) is 66.7 Å². The largest absolute Gasteiger partial charge is 0.478 e. The molecule has 0 bridgehead atoms. The lowest BCUT2D eigenvalue weighted by atomic mass is 9.98. The molecule has 0 atom stereocenters. The highest BCUT2D eigenvalue weighted by Gasteiger charge is 2.23. The summed E-state index contributed by atoms with van der Waals surface area (Å²) in [6.07, 6.45) is 1.62. The number of halogens is 2. The summed E-state index contributed by atoms with van der Waals surface area (Å²) < 4.78 is 27.4. The zero-order chi connectivity index (χ0) is 21.5. The molecule has 0 saturated carbocycles. The number of carboxylic acids is 1. The summed E-state index contributed by atoms with van der Waals surface area (Å²) in [4.78, 5) is 18.3. The summed E-state index contributed by atoms with van der Waals surface area (Å²) in [5, 5.41) is 10.1. The summed E-state index contributed by atoms with van der Waals surface area (Å²) in [6.45, 7) is 0.707. The molecule has 0 unspecified atom stereocenters. The van der Waals surface area contributed by atoms with Crippen molar-refractivity contribution in [2.75, 3.05) is 11.4 Å². The van der Waals surface area contributed by atoms with Crippen LogP contribution in [0.3, 0.4) is 0 Å². The highest BCUT2D eigenvalue weighted by atomic mass is 19.1. The van der Waals surface area contributed by atoms with E-state index in [0.29, 0.717) is 23.1 Å². The maximum atomic E-state index is 13.8. The lowest BCUT2D eigenvalue weighted by Gasteiger charge is -2.33. The van der Waals surface area contributed by atoms with Crippen molar-refractivity contribution in [1.29, 1.82) is 0 Å². The highest BCUT2D eigenvalue weighted by Crippen LogP contribution is 2.40. The Balaban J connectivity index is 1.76. The van der Waals surface area contributed by atoms with Gasteiger partial charge in [0.05, 0.1) is 22.5 Å². The number of benzene rings is 3. The minimum Gasteiger partial charge on any atom is -0.478 e. The molecule has 31 heavy (non-hydrogen) atoms. The molecule has 4 aromatic rings. The second kappa shape index (κ2) is 7.47. The Labute approximate surface area is 177 Å². The van der Waals surface area contributed by atoms with Crippen LogP contribution in [0.25, 0.3) is 22.2 Å². The normalized spacial score (nSPS) is 13.3. The number of anilines is 2. The van der Waals surface area contributed by atoms with Gasteiger partial charge in [0.15, 0.2) is 0 Å². The van der Waals surface area contributed by atoms with Gasteiger partial charge in [0.2, 0.25) is 0 Å². The fourth-order valence-electron chi connectivity index (χ4n) is 4.14. The molecule has 1 aromatic heterocycles. The van der Waals surface area contributed by atoms with Gasteiger partial charge in [-0.15, -0.1) is 0 Å². The number of aryl methyl sites for hydroxylation is 1. The van der Waals surface area contributed by atoms with E-state index < -0.39 is 5.97 Å². The van der Waals surface area contributed by atoms with Crippen molar-refractivity contribution in [2.45, 2.75) is 12.8 Å². The minimum atomic E-state index is -1.01. The van der Waals surface area contributed by atoms with E-state index >= 15 is 0 Å². The molecule has 1 aliphatic rings. The Hall–Kier alpha value is -3.80. The van der Waals surface area contributed by atoms with E-state index in [4.69, 9.17) is 4.98 Å². The van der Waals surface area contributed by atoms with Crippen LogP contribution in [0.4, 0.5) is 20.2 Å². The minimum absolute atomic E-state index is 0.177. The van der Waals surface area contributed by atoms with Gasteiger partial charge in [-0.2, -0.15) is 0 Å². The van der Waals surface area contributed by atoms with E-state index in [1.807, 2.05) is 6.07 Å². The van der Waals surface area contributed by atoms with E-state index in [0.717, 1.165) is 35.3 Å². The molecule has 2 heterocycles. The van der Waals surface area contributed by atoms with Crippen LogP contribution in [0.2, 0.25) is 0 Å². The average Bonchev–Trinajstić information content (AvgIpc) is 2.77. The van der Waals surface area contributed by atoms with Gasteiger partial charge < -0.3 is 10.0 Å². The van der Waals surface area contributed by atoms with Crippen molar-refractivity contribution in [3.05, 3.63) is 89.5 Å². The molecule has 0 radical (unpaired) electrons. The molecule has 4 nitrogen and oxygen atoms in total. The smallest absolute Gasteiger partial charge is 0.335 e. The SMILES string of the molecule is O=C(O)c1ccc2nc(-c3ccc(F)cc3)c(N3CCCc4cc(F)ccc43)cc2c1. The van der Waals surface area contributed by atoms with Gasteiger partial charge in [-0.3, -0.25) is 0 Å². The number of carboxylic acid groups (broad SMARTS) is 1. The van der Waals surface area contributed by atoms with E-state index in [1.165, 1.54) is 24.3 Å². The average molecular weight is 416 g/mol. The fraction of sp³-hybridized carbons (Fsp3) is 0.120. The molecule has 0 aliphatic carbocycles. The van der Waals surface area contributed by atoms with Crippen LogP contribution in [0, 0.1) is 11.6 Å². The van der Waals surface area contributed by atoms with Crippen molar-refractivity contribution < 1.29 is 18.7 Å². The third kappa shape index (κ3) is 3.50. The Bertz CT molecular complexity index is 1320. The topological polar surface area (TPSA) is 53.4 Å². The van der Waals surface area contributed by atoms with E-state index in [-0.39, 0.29) is 17.2 Å². The third-order valence-corrected chi connectivity index (χ3v) is 5.61. The lowest BCUT2D eigenvalue weighted by molar-refractivity contribution is 0.0697. The molecule has 1 aliphatic heterocycles. The summed E-state index contributed by atoms with van der Waals surface area (Å²) in [5.74, 6) is -1.62. The molecule has 5 rings (SSSR count). The van der Waals surface area contributed by atoms with Gasteiger partial charge in [0.25, 0.3) is 0 Å². The Morgan fingerprint density at radius 1 is 0.903 bits per heavy atom. The van der Waals surface area contributed by atoms with Crippen LogP contribution in [0.1, 0.15) is 22.3 Å². The lowest BCUT2D eigenvalue weighted by Crippen LogP contribution is -2.25. The van der Waals surface area contributed by atoms with Crippen LogP contribution >= 0.6 is 0 Å². The zero-order valence-electron chi connectivity index (χ0n) is 16.5. The number of fused-ring (bicyclic) bond motifs is 2. The summed E-state index contributed by atoms with van der Waals surface area (Å²) in [6, 6.07) is 17.6. The van der Waals surface area contributed by atoms with Gasteiger partial charge in [-0.1, -0.05) is 0 Å². The van der Waals surface area contributed by atoms with Crippen LogP contribution in [-0.4, -0.2) is 22.6 Å². The highest BCUT2D eigenvalue weighted by molar-refractivity contribution is 5.96. The molecule has 154 valence electrons.